The molecule has 0 heterocycles. The van der Waals surface area contributed by atoms with Crippen LogP contribution < -0.4 is 9.64 Å². The van der Waals surface area contributed by atoms with Crippen LogP contribution in [0, 0.1) is 0 Å². The van der Waals surface area contributed by atoms with Gasteiger partial charge >= 0.3 is 0 Å². The number of aliphatic hydroxyl groups excluding tert-OH is 1. The molecule has 1 aromatic rings. The first-order valence-corrected chi connectivity index (χ1v) is 5.70. The summed E-state index contributed by atoms with van der Waals surface area (Å²) in [6.45, 7) is 0.866. The van der Waals surface area contributed by atoms with Crippen molar-refractivity contribution in [3.63, 3.8) is 0 Å². The molecule has 0 bridgehead atoms. The van der Waals surface area contributed by atoms with E-state index in [1.807, 2.05) is 11.9 Å². The van der Waals surface area contributed by atoms with Gasteiger partial charge in [-0.1, -0.05) is 23.2 Å². The molecule has 0 fully saturated rings. The van der Waals surface area contributed by atoms with E-state index in [2.05, 4.69) is 0 Å². The molecule has 1 N–H and O–H groups in total. The molecule has 3 nitrogen and oxygen atoms in total. The highest BCUT2D eigenvalue weighted by atomic mass is 35.5. The molecule has 0 amide bonds. The lowest BCUT2D eigenvalue weighted by molar-refractivity contribution is 0.290. The van der Waals surface area contributed by atoms with Crippen LogP contribution in [-0.4, -0.2) is 32.4 Å². The Morgan fingerprint density at radius 1 is 1.38 bits per heavy atom. The summed E-state index contributed by atoms with van der Waals surface area (Å²) < 4.78 is 5.24. The second-order valence-corrected chi connectivity index (χ2v) is 4.28. The Morgan fingerprint density at radius 3 is 2.62 bits per heavy atom. The van der Waals surface area contributed by atoms with E-state index >= 15 is 0 Å². The first-order valence-electron chi connectivity index (χ1n) is 4.95. The molecule has 1 rings (SSSR count). The third-order valence-corrected chi connectivity index (χ3v) is 2.75. The monoisotopic (exact) mass is 263 g/mol. The van der Waals surface area contributed by atoms with Gasteiger partial charge in [-0.3, -0.25) is 0 Å². The summed E-state index contributed by atoms with van der Waals surface area (Å²) in [6, 6.07) is 3.44. The summed E-state index contributed by atoms with van der Waals surface area (Å²) in [4.78, 5) is 1.95. The highest BCUT2D eigenvalue weighted by Crippen LogP contribution is 2.37. The SMILES string of the molecule is COc1c(Cl)cc(Cl)cc1N(C)CCCO. The van der Waals surface area contributed by atoms with Gasteiger partial charge in [-0.15, -0.1) is 0 Å². The lowest BCUT2D eigenvalue weighted by Gasteiger charge is -2.22. The van der Waals surface area contributed by atoms with Crippen LogP contribution in [-0.2, 0) is 0 Å². The summed E-state index contributed by atoms with van der Waals surface area (Å²) in [5.41, 5.74) is 0.827. The fourth-order valence-electron chi connectivity index (χ4n) is 1.46. The molecule has 1 aromatic carbocycles. The maximum atomic E-state index is 8.79. The van der Waals surface area contributed by atoms with E-state index in [-0.39, 0.29) is 6.61 Å². The molecule has 90 valence electrons. The van der Waals surface area contributed by atoms with Crippen molar-refractivity contribution in [2.45, 2.75) is 6.42 Å². The second kappa shape index (κ2) is 6.18. The quantitative estimate of drug-likeness (QED) is 0.887. The molecule has 5 heteroatoms. The van der Waals surface area contributed by atoms with Gasteiger partial charge in [-0.2, -0.15) is 0 Å². The van der Waals surface area contributed by atoms with E-state index in [0.29, 0.717) is 28.8 Å². The van der Waals surface area contributed by atoms with Gasteiger partial charge in [-0.25, -0.2) is 0 Å². The van der Waals surface area contributed by atoms with Gasteiger partial charge in [0.05, 0.1) is 17.8 Å². The van der Waals surface area contributed by atoms with Gasteiger partial charge in [0, 0.05) is 25.2 Å². The Kier molecular flexibility index (Phi) is 5.19. The first kappa shape index (κ1) is 13.4. The number of aliphatic hydroxyl groups is 1. The fraction of sp³-hybridized carbons (Fsp3) is 0.455. The lowest BCUT2D eigenvalue weighted by atomic mass is 10.2. The standard InChI is InChI=1S/C11H15Cl2NO2/c1-14(4-3-5-15)10-7-8(12)6-9(13)11(10)16-2/h6-7,15H,3-5H2,1-2H3. The minimum atomic E-state index is 0.154. The van der Waals surface area contributed by atoms with E-state index < -0.39 is 0 Å². The van der Waals surface area contributed by atoms with Crippen molar-refractivity contribution < 1.29 is 9.84 Å². The lowest BCUT2D eigenvalue weighted by Crippen LogP contribution is -2.20. The van der Waals surface area contributed by atoms with E-state index in [9.17, 15) is 0 Å². The van der Waals surface area contributed by atoms with Gasteiger partial charge < -0.3 is 14.7 Å². The van der Waals surface area contributed by atoms with Crippen molar-refractivity contribution >= 4 is 28.9 Å². The Bertz CT molecular complexity index is 358. The third kappa shape index (κ3) is 3.17. The predicted molar refractivity (Wildman–Crippen MR) is 68.0 cm³/mol. The zero-order valence-electron chi connectivity index (χ0n) is 9.33. The van der Waals surface area contributed by atoms with Crippen LogP contribution in [0.5, 0.6) is 5.75 Å². The first-order chi connectivity index (χ1) is 7.60. The summed E-state index contributed by atoms with van der Waals surface area (Å²) >= 11 is 12.0. The molecule has 0 unspecified atom stereocenters. The summed E-state index contributed by atoms with van der Waals surface area (Å²) in [5, 5.41) is 9.84. The Labute approximate surface area is 106 Å². The number of nitrogens with zero attached hydrogens (tertiary/aromatic N) is 1. The van der Waals surface area contributed by atoms with Crippen molar-refractivity contribution in [2.75, 3.05) is 32.2 Å². The van der Waals surface area contributed by atoms with E-state index in [1.165, 1.54) is 0 Å². The molecule has 0 saturated carbocycles. The molecule has 16 heavy (non-hydrogen) atoms. The molecule has 0 aliphatic carbocycles. The Morgan fingerprint density at radius 2 is 2.06 bits per heavy atom. The molecule has 0 aliphatic rings. The van der Waals surface area contributed by atoms with Crippen LogP contribution >= 0.6 is 23.2 Å². The summed E-state index contributed by atoms with van der Waals surface area (Å²) in [6.07, 6.45) is 0.684. The van der Waals surface area contributed by atoms with Gasteiger partial charge in [0.25, 0.3) is 0 Å². The number of hydrogen-bond donors (Lipinski definition) is 1. The van der Waals surface area contributed by atoms with Gasteiger partial charge in [0.15, 0.2) is 5.75 Å². The molecule has 0 aromatic heterocycles. The Balaban J connectivity index is 3.00. The zero-order chi connectivity index (χ0) is 12.1. The third-order valence-electron chi connectivity index (χ3n) is 2.26. The van der Waals surface area contributed by atoms with Crippen LogP contribution in [0.15, 0.2) is 12.1 Å². The highest BCUT2D eigenvalue weighted by Gasteiger charge is 2.13. The molecule has 0 saturated heterocycles. The number of ether oxygens (including phenoxy) is 1. The molecule has 0 aliphatic heterocycles. The van der Waals surface area contributed by atoms with Crippen molar-refractivity contribution in [3.05, 3.63) is 22.2 Å². The van der Waals surface area contributed by atoms with Crippen LogP contribution in [0.1, 0.15) is 6.42 Å². The average Bonchev–Trinajstić information content (AvgIpc) is 2.24. The van der Waals surface area contributed by atoms with E-state index in [4.69, 9.17) is 33.0 Å². The van der Waals surface area contributed by atoms with E-state index in [0.717, 1.165) is 5.69 Å². The number of hydrogen-bond acceptors (Lipinski definition) is 3. The predicted octanol–water partition coefficient (Wildman–Crippen LogP) is 2.82. The highest BCUT2D eigenvalue weighted by molar-refractivity contribution is 6.36. The zero-order valence-corrected chi connectivity index (χ0v) is 10.8. The fourth-order valence-corrected chi connectivity index (χ4v) is 2.02. The number of halogens is 2. The largest absolute Gasteiger partial charge is 0.493 e. The van der Waals surface area contributed by atoms with E-state index in [1.54, 1.807) is 19.2 Å². The van der Waals surface area contributed by atoms with Crippen molar-refractivity contribution in [2.24, 2.45) is 0 Å². The molecule has 0 radical (unpaired) electrons. The average molecular weight is 264 g/mol. The molecule has 0 atom stereocenters. The van der Waals surface area contributed by atoms with Crippen LogP contribution in [0.3, 0.4) is 0 Å². The van der Waals surface area contributed by atoms with Crippen molar-refractivity contribution in [3.8, 4) is 5.75 Å². The van der Waals surface area contributed by atoms with Crippen LogP contribution in [0.2, 0.25) is 10.0 Å². The smallest absolute Gasteiger partial charge is 0.160 e. The minimum absolute atomic E-state index is 0.154. The minimum Gasteiger partial charge on any atom is -0.493 e. The summed E-state index contributed by atoms with van der Waals surface area (Å²) in [5.74, 6) is 0.603. The van der Waals surface area contributed by atoms with Gasteiger partial charge in [0.1, 0.15) is 0 Å². The summed E-state index contributed by atoms with van der Waals surface area (Å²) in [7, 11) is 3.47. The normalized spacial score (nSPS) is 10.3. The number of benzene rings is 1. The van der Waals surface area contributed by atoms with Gasteiger partial charge in [0.2, 0.25) is 0 Å². The van der Waals surface area contributed by atoms with Crippen LogP contribution in [0.4, 0.5) is 5.69 Å². The van der Waals surface area contributed by atoms with Crippen molar-refractivity contribution in [1.29, 1.82) is 0 Å². The Hall–Kier alpha value is -0.640. The topological polar surface area (TPSA) is 32.7 Å². The number of rotatable bonds is 5. The van der Waals surface area contributed by atoms with Gasteiger partial charge in [-0.05, 0) is 18.6 Å². The number of anilines is 1. The second-order valence-electron chi connectivity index (χ2n) is 3.44. The molecule has 0 spiro atoms. The number of methoxy groups -OCH3 is 1. The molecular weight excluding hydrogens is 249 g/mol. The maximum Gasteiger partial charge on any atom is 0.160 e. The van der Waals surface area contributed by atoms with Crippen molar-refractivity contribution in [1.82, 2.24) is 0 Å². The van der Waals surface area contributed by atoms with Crippen LogP contribution in [0.25, 0.3) is 0 Å². The molecular formula is C11H15Cl2NO2. The maximum absolute atomic E-state index is 8.79.